The molecule has 165 valence electrons. The van der Waals surface area contributed by atoms with Gasteiger partial charge in [-0.15, -0.1) is 0 Å². The fraction of sp³-hybridized carbons (Fsp3) is 1.00. The van der Waals surface area contributed by atoms with E-state index < -0.39 is 0 Å². The van der Waals surface area contributed by atoms with Crippen LogP contribution in [0.15, 0.2) is 0 Å². The molecule has 2 unspecified atom stereocenters. The van der Waals surface area contributed by atoms with Crippen LogP contribution in [0.2, 0.25) is 0 Å². The largest absolute Gasteiger partial charge is 0.396 e. The van der Waals surface area contributed by atoms with Gasteiger partial charge in [-0.25, -0.2) is 0 Å². The summed E-state index contributed by atoms with van der Waals surface area (Å²) in [5.41, 5.74) is 0. The van der Waals surface area contributed by atoms with E-state index in [4.69, 9.17) is 4.74 Å². The van der Waals surface area contributed by atoms with Gasteiger partial charge in [-0.2, -0.15) is 0 Å². The molecular formula is C24H50NaO3. The maximum Gasteiger partial charge on any atom is 0.0579 e. The van der Waals surface area contributed by atoms with Gasteiger partial charge < -0.3 is 14.9 Å². The van der Waals surface area contributed by atoms with Gasteiger partial charge in [-0.3, -0.25) is 0 Å². The molecule has 0 aromatic heterocycles. The van der Waals surface area contributed by atoms with Crippen molar-refractivity contribution < 1.29 is 14.9 Å². The number of ether oxygens (including phenoxy) is 1. The van der Waals surface area contributed by atoms with E-state index in [0.717, 1.165) is 38.5 Å². The van der Waals surface area contributed by atoms with Crippen molar-refractivity contribution in [3.05, 3.63) is 0 Å². The van der Waals surface area contributed by atoms with Crippen LogP contribution >= 0.6 is 0 Å². The second-order valence-corrected chi connectivity index (χ2v) is 8.22. The molecule has 28 heavy (non-hydrogen) atoms. The number of hydrogen-bond acceptors (Lipinski definition) is 3. The summed E-state index contributed by atoms with van der Waals surface area (Å²) in [6, 6.07) is 0. The van der Waals surface area contributed by atoms with Crippen molar-refractivity contribution >= 4 is 29.6 Å². The van der Waals surface area contributed by atoms with Crippen molar-refractivity contribution in [3.63, 3.8) is 0 Å². The monoisotopic (exact) mass is 409 g/mol. The molecule has 4 heteroatoms. The Morgan fingerprint density at radius 2 is 0.821 bits per heavy atom. The molecule has 2 atom stereocenters. The standard InChI is InChI=1S/C24H50O3.Na/c1-3-5-7-9-11-13-17-23(19-15-21-25)27-24(20-16-22-26)18-14-12-10-8-6-4-2;/h23-26H,3-22H2,1-2H3;. The third-order valence-corrected chi connectivity index (χ3v) is 5.51. The summed E-state index contributed by atoms with van der Waals surface area (Å²) in [7, 11) is 0. The molecule has 0 saturated carbocycles. The van der Waals surface area contributed by atoms with E-state index in [9.17, 15) is 10.2 Å². The summed E-state index contributed by atoms with van der Waals surface area (Å²) in [6.07, 6.45) is 22.2. The number of aliphatic hydroxyl groups excluding tert-OH is 2. The fourth-order valence-electron chi connectivity index (χ4n) is 3.78. The minimum Gasteiger partial charge on any atom is -0.396 e. The van der Waals surface area contributed by atoms with Gasteiger partial charge in [0.1, 0.15) is 0 Å². The van der Waals surface area contributed by atoms with Crippen LogP contribution in [0, 0.1) is 0 Å². The zero-order chi connectivity index (χ0) is 20.0. The Morgan fingerprint density at radius 1 is 0.500 bits per heavy atom. The maximum atomic E-state index is 9.21. The zero-order valence-corrected chi connectivity index (χ0v) is 21.6. The first-order valence-electron chi connectivity index (χ1n) is 12.2. The average molecular weight is 410 g/mol. The summed E-state index contributed by atoms with van der Waals surface area (Å²) in [4.78, 5) is 0. The molecule has 0 aliphatic heterocycles. The summed E-state index contributed by atoms with van der Waals surface area (Å²) >= 11 is 0. The molecule has 0 aliphatic carbocycles. The first-order chi connectivity index (χ1) is 13.3. The van der Waals surface area contributed by atoms with E-state index in [-0.39, 0.29) is 55.0 Å². The molecule has 0 aromatic carbocycles. The van der Waals surface area contributed by atoms with Crippen LogP contribution in [0.1, 0.15) is 129 Å². The van der Waals surface area contributed by atoms with Crippen LogP contribution < -0.4 is 0 Å². The van der Waals surface area contributed by atoms with Gasteiger partial charge in [0.25, 0.3) is 0 Å². The molecule has 0 fully saturated rings. The van der Waals surface area contributed by atoms with E-state index in [0.29, 0.717) is 0 Å². The quantitative estimate of drug-likeness (QED) is 0.160. The zero-order valence-electron chi connectivity index (χ0n) is 19.6. The van der Waals surface area contributed by atoms with Gasteiger partial charge in [0, 0.05) is 42.8 Å². The molecule has 0 heterocycles. The van der Waals surface area contributed by atoms with E-state index in [1.807, 2.05) is 0 Å². The molecule has 3 nitrogen and oxygen atoms in total. The van der Waals surface area contributed by atoms with Gasteiger partial charge in [0.2, 0.25) is 0 Å². The minimum atomic E-state index is 0. The fourth-order valence-corrected chi connectivity index (χ4v) is 3.78. The van der Waals surface area contributed by atoms with Crippen molar-refractivity contribution in [3.8, 4) is 0 Å². The topological polar surface area (TPSA) is 49.7 Å². The molecule has 0 aliphatic rings. The molecule has 0 amide bonds. The van der Waals surface area contributed by atoms with Crippen LogP contribution in [0.3, 0.4) is 0 Å². The van der Waals surface area contributed by atoms with Gasteiger partial charge >= 0.3 is 0 Å². The molecular weight excluding hydrogens is 359 g/mol. The Bertz CT molecular complexity index is 251. The first-order valence-corrected chi connectivity index (χ1v) is 12.2. The summed E-state index contributed by atoms with van der Waals surface area (Å²) < 4.78 is 6.49. The predicted octanol–water partition coefficient (Wildman–Crippen LogP) is 6.41. The first kappa shape index (κ1) is 31.1. The van der Waals surface area contributed by atoms with Crippen molar-refractivity contribution in [2.75, 3.05) is 13.2 Å². The Kier molecular flexibility index (Phi) is 28.8. The molecule has 0 spiro atoms. The van der Waals surface area contributed by atoms with E-state index in [1.54, 1.807) is 0 Å². The van der Waals surface area contributed by atoms with E-state index >= 15 is 0 Å². The average Bonchev–Trinajstić information content (AvgIpc) is 2.68. The van der Waals surface area contributed by atoms with Crippen molar-refractivity contribution in [2.45, 2.75) is 142 Å². The molecule has 0 saturated heterocycles. The van der Waals surface area contributed by atoms with Crippen LogP contribution in [-0.4, -0.2) is 65.2 Å². The summed E-state index contributed by atoms with van der Waals surface area (Å²) in [6.45, 7) is 5.04. The van der Waals surface area contributed by atoms with E-state index in [1.165, 1.54) is 77.0 Å². The third kappa shape index (κ3) is 21.6. The number of rotatable bonds is 22. The van der Waals surface area contributed by atoms with Crippen LogP contribution in [0.5, 0.6) is 0 Å². The van der Waals surface area contributed by atoms with Crippen molar-refractivity contribution in [1.29, 1.82) is 0 Å². The Hall–Kier alpha value is 0.880. The number of aliphatic hydroxyl groups is 2. The van der Waals surface area contributed by atoms with Crippen molar-refractivity contribution in [1.82, 2.24) is 0 Å². The second-order valence-electron chi connectivity index (χ2n) is 8.22. The molecule has 0 rings (SSSR count). The molecule has 0 bridgehead atoms. The third-order valence-electron chi connectivity index (χ3n) is 5.51. The maximum absolute atomic E-state index is 9.21. The molecule has 1 radical (unpaired) electrons. The van der Waals surface area contributed by atoms with Gasteiger partial charge in [0.05, 0.1) is 12.2 Å². The molecule has 2 N–H and O–H groups in total. The number of hydrogen-bond donors (Lipinski definition) is 2. The summed E-state index contributed by atoms with van der Waals surface area (Å²) in [5, 5.41) is 18.4. The van der Waals surface area contributed by atoms with Gasteiger partial charge in [-0.1, -0.05) is 90.9 Å². The van der Waals surface area contributed by atoms with Gasteiger partial charge in [0.15, 0.2) is 0 Å². The van der Waals surface area contributed by atoms with Crippen molar-refractivity contribution in [2.24, 2.45) is 0 Å². The Labute approximate surface area is 198 Å². The van der Waals surface area contributed by atoms with Gasteiger partial charge in [-0.05, 0) is 38.5 Å². The Morgan fingerprint density at radius 3 is 1.18 bits per heavy atom. The second kappa shape index (κ2) is 25.9. The smallest absolute Gasteiger partial charge is 0.0579 e. The number of unbranched alkanes of at least 4 members (excludes halogenated alkanes) is 10. The normalized spacial score (nSPS) is 13.3. The summed E-state index contributed by atoms with van der Waals surface area (Å²) in [5.74, 6) is 0. The SMILES string of the molecule is CCCCCCCCC(CCCO)OC(CCCO)CCCCCCCC.[Na]. The van der Waals surface area contributed by atoms with E-state index in [2.05, 4.69) is 13.8 Å². The predicted molar refractivity (Wildman–Crippen MR) is 123 cm³/mol. The van der Waals surface area contributed by atoms with Crippen LogP contribution in [-0.2, 0) is 4.74 Å². The minimum absolute atomic E-state index is 0. The van der Waals surface area contributed by atoms with Crippen LogP contribution in [0.4, 0.5) is 0 Å². The Balaban J connectivity index is 0. The van der Waals surface area contributed by atoms with Crippen LogP contribution in [0.25, 0.3) is 0 Å². The molecule has 0 aromatic rings.